The van der Waals surface area contributed by atoms with Crippen molar-refractivity contribution in [1.82, 2.24) is 9.13 Å². The van der Waals surface area contributed by atoms with Crippen molar-refractivity contribution in [2.75, 3.05) is 12.4 Å². The van der Waals surface area contributed by atoms with Crippen LogP contribution in [0.15, 0.2) is 106 Å². The van der Waals surface area contributed by atoms with Crippen LogP contribution in [0, 0.1) is 0 Å². The van der Waals surface area contributed by atoms with Gasteiger partial charge in [-0.2, -0.15) is 0 Å². The smallest absolute Gasteiger partial charge is 0.271 e. The Kier molecular flexibility index (Phi) is 6.93. The maximum Gasteiger partial charge on any atom is 0.271 e. The minimum atomic E-state index is -0.653. The number of carbonyl (C=O) groups excluding carboxylic acids is 1. The van der Waals surface area contributed by atoms with E-state index in [9.17, 15) is 9.59 Å². The van der Waals surface area contributed by atoms with Crippen molar-refractivity contribution in [3.63, 3.8) is 0 Å². The van der Waals surface area contributed by atoms with Crippen LogP contribution in [0.25, 0.3) is 17.0 Å². The second-order valence-corrected chi connectivity index (χ2v) is 11.3. The molecule has 3 aromatic carbocycles. The number of nitrogens with zero attached hydrogens (tertiary/aromatic N) is 3. The highest BCUT2D eigenvalue weighted by atomic mass is 32.1. The normalized spacial score (nSPS) is 15.2. The number of amides is 1. The Morgan fingerprint density at radius 2 is 1.73 bits per heavy atom. The molecule has 1 atom stereocenters. The summed E-state index contributed by atoms with van der Waals surface area (Å²) in [5, 5.41) is 4.07. The molecule has 2 aromatic heterocycles. The van der Waals surface area contributed by atoms with Gasteiger partial charge in [-0.1, -0.05) is 59.9 Å². The highest BCUT2D eigenvalue weighted by Crippen LogP contribution is 2.32. The highest BCUT2D eigenvalue weighted by Gasteiger charge is 2.32. The molecule has 0 aliphatic carbocycles. The Labute approximate surface area is 241 Å². The molecular weight excluding hydrogens is 532 g/mol. The van der Waals surface area contributed by atoms with Crippen LogP contribution in [0.1, 0.15) is 44.0 Å². The van der Waals surface area contributed by atoms with E-state index in [1.807, 2.05) is 79.7 Å². The molecule has 0 radical (unpaired) electrons. The number of para-hydroxylation sites is 2. The van der Waals surface area contributed by atoms with Crippen LogP contribution in [0.2, 0.25) is 0 Å². The molecule has 7 nitrogen and oxygen atoms in total. The Balaban J connectivity index is 1.53. The molecule has 0 unspecified atom stereocenters. The number of aromatic nitrogens is 2. The van der Waals surface area contributed by atoms with E-state index in [4.69, 9.17) is 9.73 Å². The molecule has 0 saturated heterocycles. The molecule has 41 heavy (non-hydrogen) atoms. The van der Waals surface area contributed by atoms with Gasteiger partial charge in [-0.25, -0.2) is 4.99 Å². The predicted octanol–water partition coefficient (Wildman–Crippen LogP) is 5.42. The standard InChI is InChI=1S/C33H30N4O3S/c1-20(2)36-19-23(26-12-8-9-13-27(26)36)18-28-32(39)37-30(22-14-16-25(40-4)17-15-22)29(21(3)34-33(37)41-28)31(38)35-24-10-6-5-7-11-24/h5-20,30H,1-4H3,(H,35,38)/b28-18+/t30-/m0/s1. The molecule has 5 aromatic rings. The summed E-state index contributed by atoms with van der Waals surface area (Å²) < 4.78 is 9.79. The van der Waals surface area contributed by atoms with Crippen molar-refractivity contribution in [2.45, 2.75) is 32.9 Å². The quantitative estimate of drug-likeness (QED) is 0.300. The van der Waals surface area contributed by atoms with Gasteiger partial charge in [-0.15, -0.1) is 0 Å². The molecule has 0 fully saturated rings. The summed E-state index contributed by atoms with van der Waals surface area (Å²) in [6, 6.07) is 24.6. The van der Waals surface area contributed by atoms with Gasteiger partial charge in [-0.3, -0.25) is 14.2 Å². The Morgan fingerprint density at radius 1 is 1.02 bits per heavy atom. The third-order valence-electron chi connectivity index (χ3n) is 7.34. The van der Waals surface area contributed by atoms with Crippen molar-refractivity contribution in [3.8, 4) is 5.75 Å². The number of methoxy groups -OCH3 is 1. The van der Waals surface area contributed by atoms with Gasteiger partial charge in [0.15, 0.2) is 4.80 Å². The van der Waals surface area contributed by atoms with Crippen molar-refractivity contribution in [2.24, 2.45) is 4.99 Å². The second-order valence-electron chi connectivity index (χ2n) is 10.3. The third kappa shape index (κ3) is 4.80. The fourth-order valence-electron chi connectivity index (χ4n) is 5.35. The van der Waals surface area contributed by atoms with Gasteiger partial charge in [0.05, 0.1) is 29.0 Å². The molecule has 1 N–H and O–H groups in total. The number of benzene rings is 3. The first-order valence-corrected chi connectivity index (χ1v) is 14.3. The van der Waals surface area contributed by atoms with Crippen LogP contribution < -0.4 is 24.9 Å². The maximum absolute atomic E-state index is 14.1. The molecule has 0 bridgehead atoms. The number of ether oxygens (including phenoxy) is 1. The van der Waals surface area contributed by atoms with Crippen LogP contribution in [0.4, 0.5) is 5.69 Å². The maximum atomic E-state index is 14.1. The SMILES string of the molecule is COc1ccc([C@H]2C(C(=O)Nc3ccccc3)=C(C)N=c3s/c(=C/c4cn(C(C)C)c5ccccc45)c(=O)n32)cc1. The van der Waals surface area contributed by atoms with Crippen LogP contribution in [-0.4, -0.2) is 22.2 Å². The largest absolute Gasteiger partial charge is 0.497 e. The average Bonchev–Trinajstić information content (AvgIpc) is 3.50. The van der Waals surface area contributed by atoms with E-state index in [2.05, 4.69) is 42.1 Å². The van der Waals surface area contributed by atoms with E-state index >= 15 is 0 Å². The predicted molar refractivity (Wildman–Crippen MR) is 164 cm³/mol. The second kappa shape index (κ2) is 10.7. The summed E-state index contributed by atoms with van der Waals surface area (Å²) in [5.74, 6) is 0.395. The number of thiazole rings is 1. The van der Waals surface area contributed by atoms with Crippen LogP contribution in [-0.2, 0) is 4.79 Å². The molecule has 0 saturated carbocycles. The first kappa shape index (κ1) is 26.5. The van der Waals surface area contributed by atoms with Crippen molar-refractivity contribution < 1.29 is 9.53 Å². The number of hydrogen-bond donors (Lipinski definition) is 1. The van der Waals surface area contributed by atoms with Crippen molar-refractivity contribution >= 4 is 39.9 Å². The zero-order valence-corrected chi connectivity index (χ0v) is 24.1. The monoisotopic (exact) mass is 562 g/mol. The van der Waals surface area contributed by atoms with Gasteiger partial charge in [0.2, 0.25) is 0 Å². The number of allylic oxidation sites excluding steroid dienone is 1. The molecule has 1 aliphatic rings. The highest BCUT2D eigenvalue weighted by molar-refractivity contribution is 7.07. The van der Waals surface area contributed by atoms with E-state index in [0.29, 0.717) is 32.0 Å². The lowest BCUT2D eigenvalue weighted by atomic mass is 9.95. The van der Waals surface area contributed by atoms with Gasteiger partial charge in [0.1, 0.15) is 5.75 Å². The van der Waals surface area contributed by atoms with Crippen LogP contribution >= 0.6 is 11.3 Å². The van der Waals surface area contributed by atoms with Crippen molar-refractivity contribution in [1.29, 1.82) is 0 Å². The van der Waals surface area contributed by atoms with Gasteiger partial charge >= 0.3 is 0 Å². The third-order valence-corrected chi connectivity index (χ3v) is 8.33. The molecule has 1 aliphatic heterocycles. The molecule has 206 valence electrons. The van der Waals surface area contributed by atoms with E-state index in [0.717, 1.165) is 22.0 Å². The topological polar surface area (TPSA) is 77.6 Å². The Bertz CT molecular complexity index is 1980. The summed E-state index contributed by atoms with van der Waals surface area (Å²) >= 11 is 1.34. The summed E-state index contributed by atoms with van der Waals surface area (Å²) in [7, 11) is 1.61. The summed E-state index contributed by atoms with van der Waals surface area (Å²) in [4.78, 5) is 33.2. The van der Waals surface area contributed by atoms with E-state index < -0.39 is 6.04 Å². The first-order chi connectivity index (χ1) is 19.9. The fourth-order valence-corrected chi connectivity index (χ4v) is 6.39. The summed E-state index contributed by atoms with van der Waals surface area (Å²) in [6.07, 6.45) is 4.04. The number of anilines is 1. The van der Waals surface area contributed by atoms with Crippen LogP contribution in [0.3, 0.4) is 0 Å². The lowest BCUT2D eigenvalue weighted by Gasteiger charge is -2.25. The summed E-state index contributed by atoms with van der Waals surface area (Å²) in [6.45, 7) is 6.11. The van der Waals surface area contributed by atoms with Gasteiger partial charge in [0, 0.05) is 34.4 Å². The zero-order chi connectivity index (χ0) is 28.7. The van der Waals surface area contributed by atoms with Crippen LogP contribution in [0.5, 0.6) is 5.75 Å². The molecule has 3 heterocycles. The van der Waals surface area contributed by atoms with E-state index in [-0.39, 0.29) is 17.5 Å². The molecule has 1 amide bonds. The van der Waals surface area contributed by atoms with Crippen molar-refractivity contribution in [3.05, 3.63) is 127 Å². The number of nitrogens with one attached hydrogen (secondary N) is 1. The Hall–Kier alpha value is -4.69. The fraction of sp³-hybridized carbons (Fsp3) is 0.182. The molecule has 6 rings (SSSR count). The summed E-state index contributed by atoms with van der Waals surface area (Å²) in [5.41, 5.74) is 4.37. The molecule has 8 heteroatoms. The molecule has 0 spiro atoms. The minimum Gasteiger partial charge on any atom is -0.497 e. The lowest BCUT2D eigenvalue weighted by Crippen LogP contribution is -2.40. The molecular formula is C33H30N4O3S. The van der Waals surface area contributed by atoms with Gasteiger partial charge in [0.25, 0.3) is 11.5 Å². The minimum absolute atomic E-state index is 0.187. The number of rotatable bonds is 6. The first-order valence-electron chi connectivity index (χ1n) is 13.5. The number of fused-ring (bicyclic) bond motifs is 2. The number of hydrogen-bond acceptors (Lipinski definition) is 5. The van der Waals surface area contributed by atoms with E-state index in [1.165, 1.54) is 11.3 Å². The zero-order valence-electron chi connectivity index (χ0n) is 23.3. The van der Waals surface area contributed by atoms with Gasteiger partial charge < -0.3 is 14.6 Å². The lowest BCUT2D eigenvalue weighted by molar-refractivity contribution is -0.113. The Morgan fingerprint density at radius 3 is 2.44 bits per heavy atom. The van der Waals surface area contributed by atoms with Gasteiger partial charge in [-0.05, 0) is 62.7 Å². The van der Waals surface area contributed by atoms with E-state index in [1.54, 1.807) is 11.7 Å². The number of carbonyl (C=O) groups is 1. The average molecular weight is 563 g/mol.